The van der Waals surface area contributed by atoms with Crippen LogP contribution in [0.15, 0.2) is 48.5 Å². The van der Waals surface area contributed by atoms with E-state index < -0.39 is 24.2 Å². The number of fused-ring (bicyclic) bond motifs is 5. The summed E-state index contributed by atoms with van der Waals surface area (Å²) >= 11 is 0. The smallest absolute Gasteiger partial charge is 0.338 e. The number of benzene rings is 2. The van der Waals surface area contributed by atoms with E-state index in [-0.39, 0.29) is 34.8 Å². The van der Waals surface area contributed by atoms with Crippen LogP contribution in [0.3, 0.4) is 0 Å². The van der Waals surface area contributed by atoms with E-state index in [9.17, 15) is 23.6 Å². The summed E-state index contributed by atoms with van der Waals surface area (Å²) < 4.78 is 18.0. The lowest BCUT2D eigenvalue weighted by Gasteiger charge is -2.19. The molecule has 3 aliphatic rings. The number of esters is 1. The van der Waals surface area contributed by atoms with Gasteiger partial charge in [0, 0.05) is 5.56 Å². The van der Waals surface area contributed by atoms with Gasteiger partial charge >= 0.3 is 5.97 Å². The Balaban J connectivity index is 1.24. The lowest BCUT2D eigenvalue weighted by molar-refractivity contribution is -0.123. The molecule has 1 saturated heterocycles. The number of carbonyl (C=O) groups excluding carboxylic acids is 4. The number of rotatable bonds is 5. The summed E-state index contributed by atoms with van der Waals surface area (Å²) in [4.78, 5) is 51.4. The van der Waals surface area contributed by atoms with Crippen LogP contribution in [-0.2, 0) is 14.3 Å². The van der Waals surface area contributed by atoms with E-state index in [0.717, 1.165) is 31.4 Å². The normalized spacial score (nSPS) is 26.3. The second-order valence-electron chi connectivity index (χ2n) is 8.45. The molecule has 0 radical (unpaired) electrons. The fourth-order valence-electron chi connectivity index (χ4n) is 5.34. The average Bonchev–Trinajstić information content (AvgIpc) is 3.46. The van der Waals surface area contributed by atoms with E-state index in [1.54, 1.807) is 12.1 Å². The molecule has 0 N–H and O–H groups in total. The minimum Gasteiger partial charge on any atom is -0.454 e. The highest BCUT2D eigenvalue weighted by Gasteiger charge is 2.61. The monoisotopic (exact) mass is 421 g/mol. The average molecular weight is 421 g/mol. The first-order chi connectivity index (χ1) is 14.9. The number of ether oxygens (including phenoxy) is 1. The van der Waals surface area contributed by atoms with Crippen LogP contribution in [0.1, 0.15) is 40.0 Å². The molecule has 7 heteroatoms. The van der Waals surface area contributed by atoms with Crippen LogP contribution in [0.4, 0.5) is 10.1 Å². The number of ketones is 1. The Kier molecular flexibility index (Phi) is 4.68. The largest absolute Gasteiger partial charge is 0.454 e. The molecule has 1 heterocycles. The van der Waals surface area contributed by atoms with Gasteiger partial charge < -0.3 is 4.74 Å². The number of imide groups is 1. The van der Waals surface area contributed by atoms with Gasteiger partial charge in [0.15, 0.2) is 12.4 Å². The van der Waals surface area contributed by atoms with Crippen molar-refractivity contribution in [1.82, 2.24) is 0 Å². The molecule has 5 rings (SSSR count). The first kappa shape index (κ1) is 19.6. The van der Waals surface area contributed by atoms with Gasteiger partial charge in [-0.15, -0.1) is 0 Å². The van der Waals surface area contributed by atoms with E-state index in [4.69, 9.17) is 4.74 Å². The number of hydrogen-bond acceptors (Lipinski definition) is 5. The molecule has 4 atom stereocenters. The van der Waals surface area contributed by atoms with Gasteiger partial charge in [0.1, 0.15) is 5.82 Å². The molecular weight excluding hydrogens is 401 g/mol. The zero-order chi connectivity index (χ0) is 21.7. The van der Waals surface area contributed by atoms with Gasteiger partial charge in [-0.05, 0) is 79.6 Å². The first-order valence-corrected chi connectivity index (χ1v) is 10.4. The molecule has 0 aromatic heterocycles. The van der Waals surface area contributed by atoms with E-state index in [1.807, 2.05) is 0 Å². The van der Waals surface area contributed by atoms with Crippen molar-refractivity contribution in [2.75, 3.05) is 11.5 Å². The highest BCUT2D eigenvalue weighted by atomic mass is 19.1. The molecule has 0 spiro atoms. The number of hydrogen-bond donors (Lipinski definition) is 0. The molecule has 2 aliphatic carbocycles. The Hall–Kier alpha value is -3.35. The van der Waals surface area contributed by atoms with Crippen molar-refractivity contribution < 1.29 is 28.3 Å². The molecule has 2 amide bonds. The van der Waals surface area contributed by atoms with Gasteiger partial charge in [0.25, 0.3) is 0 Å². The first-order valence-electron chi connectivity index (χ1n) is 10.4. The molecule has 1 aliphatic heterocycles. The van der Waals surface area contributed by atoms with E-state index >= 15 is 0 Å². The predicted octanol–water partition coefficient (Wildman–Crippen LogP) is 3.40. The molecule has 31 heavy (non-hydrogen) atoms. The van der Waals surface area contributed by atoms with Gasteiger partial charge in [-0.25, -0.2) is 9.18 Å². The standard InChI is InChI=1S/C24H20FNO5/c25-17-7-3-13(4-8-17)19(27)12-31-24(30)14-5-9-18(10-6-14)26-22(28)20-15-1-2-16(11-15)21(20)23(26)29/h3-10,15-16,20-21H,1-2,11-12H2. The number of anilines is 1. The summed E-state index contributed by atoms with van der Waals surface area (Å²) in [6.45, 7) is -0.471. The minimum absolute atomic E-state index is 0.137. The SMILES string of the molecule is O=C(COC(=O)c1ccc(N2C(=O)C3C4CCC(C4)C3C2=O)cc1)c1ccc(F)cc1. The summed E-state index contributed by atoms with van der Waals surface area (Å²) in [5, 5.41) is 0. The van der Waals surface area contributed by atoms with Crippen LogP contribution in [0.2, 0.25) is 0 Å². The molecular formula is C24H20FNO5. The topological polar surface area (TPSA) is 80.8 Å². The second kappa shape index (κ2) is 7.41. The van der Waals surface area contributed by atoms with Gasteiger partial charge in [0.05, 0.1) is 23.1 Å². The van der Waals surface area contributed by atoms with Crippen LogP contribution >= 0.6 is 0 Å². The van der Waals surface area contributed by atoms with Crippen molar-refractivity contribution in [3.8, 4) is 0 Å². The Morgan fingerprint density at radius 2 is 1.42 bits per heavy atom. The fourth-order valence-corrected chi connectivity index (χ4v) is 5.34. The van der Waals surface area contributed by atoms with Gasteiger partial charge in [0.2, 0.25) is 11.8 Å². The Labute approximate surface area is 178 Å². The van der Waals surface area contributed by atoms with Gasteiger partial charge in [-0.3, -0.25) is 19.3 Å². The Bertz CT molecular complexity index is 1050. The molecule has 4 unspecified atom stereocenters. The maximum absolute atomic E-state index is 12.9. The van der Waals surface area contributed by atoms with Crippen molar-refractivity contribution in [1.29, 1.82) is 0 Å². The van der Waals surface area contributed by atoms with E-state index in [1.165, 1.54) is 29.2 Å². The third-order valence-corrected chi connectivity index (χ3v) is 6.79. The number of nitrogens with zero attached hydrogens (tertiary/aromatic N) is 1. The fraction of sp³-hybridized carbons (Fsp3) is 0.333. The molecule has 2 bridgehead atoms. The Morgan fingerprint density at radius 1 is 0.871 bits per heavy atom. The van der Waals surface area contributed by atoms with E-state index in [0.29, 0.717) is 17.5 Å². The van der Waals surface area contributed by atoms with Crippen LogP contribution in [0.25, 0.3) is 0 Å². The second-order valence-corrected chi connectivity index (χ2v) is 8.45. The van der Waals surface area contributed by atoms with Gasteiger partial charge in [-0.2, -0.15) is 0 Å². The third-order valence-electron chi connectivity index (χ3n) is 6.79. The summed E-state index contributed by atoms with van der Waals surface area (Å²) in [7, 11) is 0. The summed E-state index contributed by atoms with van der Waals surface area (Å²) in [5.41, 5.74) is 0.896. The highest BCUT2D eigenvalue weighted by molar-refractivity contribution is 6.22. The zero-order valence-electron chi connectivity index (χ0n) is 16.6. The lowest BCUT2D eigenvalue weighted by atomic mass is 9.81. The zero-order valence-corrected chi connectivity index (χ0v) is 16.6. The van der Waals surface area contributed by atoms with Crippen molar-refractivity contribution in [3.63, 3.8) is 0 Å². The molecule has 2 aromatic carbocycles. The van der Waals surface area contributed by atoms with Crippen molar-refractivity contribution in [3.05, 3.63) is 65.5 Å². The highest BCUT2D eigenvalue weighted by Crippen LogP contribution is 2.56. The predicted molar refractivity (Wildman–Crippen MR) is 108 cm³/mol. The van der Waals surface area contributed by atoms with Crippen molar-refractivity contribution in [2.24, 2.45) is 23.7 Å². The molecule has 2 aromatic rings. The molecule has 3 fully saturated rings. The van der Waals surface area contributed by atoms with Crippen LogP contribution in [0, 0.1) is 29.5 Å². The van der Waals surface area contributed by atoms with Gasteiger partial charge in [-0.1, -0.05) is 0 Å². The number of Topliss-reactive ketones (excluding diaryl/α,β-unsaturated/α-hetero) is 1. The molecule has 6 nitrogen and oxygen atoms in total. The number of halogens is 1. The summed E-state index contributed by atoms with van der Waals surface area (Å²) in [6, 6.07) is 11.0. The maximum atomic E-state index is 12.9. The number of carbonyl (C=O) groups is 4. The summed E-state index contributed by atoms with van der Waals surface area (Å²) in [5.74, 6) is -1.66. The number of amides is 2. The summed E-state index contributed by atoms with van der Waals surface area (Å²) in [6.07, 6.45) is 3.00. The minimum atomic E-state index is -0.698. The quantitative estimate of drug-likeness (QED) is 0.420. The van der Waals surface area contributed by atoms with E-state index in [2.05, 4.69) is 0 Å². The maximum Gasteiger partial charge on any atom is 0.338 e. The van der Waals surface area contributed by atoms with Crippen LogP contribution in [0.5, 0.6) is 0 Å². The van der Waals surface area contributed by atoms with Crippen molar-refractivity contribution in [2.45, 2.75) is 19.3 Å². The molecule has 158 valence electrons. The van der Waals surface area contributed by atoms with Crippen LogP contribution < -0.4 is 4.90 Å². The van der Waals surface area contributed by atoms with Crippen molar-refractivity contribution >= 4 is 29.3 Å². The molecule has 2 saturated carbocycles. The lowest BCUT2D eigenvalue weighted by Crippen LogP contribution is -2.32. The third kappa shape index (κ3) is 3.24. The van der Waals surface area contributed by atoms with Crippen LogP contribution in [-0.4, -0.2) is 30.2 Å². The Morgan fingerprint density at radius 3 is 2.00 bits per heavy atom.